The molecule has 0 heterocycles. The predicted molar refractivity (Wildman–Crippen MR) is 76.6 cm³/mol. The highest BCUT2D eigenvalue weighted by Gasteiger charge is 2.47. The molecule has 0 spiro atoms. The number of hydrogen-bond acceptors (Lipinski definition) is 5. The lowest BCUT2D eigenvalue weighted by atomic mass is 10.1. The van der Waals surface area contributed by atoms with Crippen molar-refractivity contribution in [2.24, 2.45) is 5.41 Å². The van der Waals surface area contributed by atoms with Gasteiger partial charge in [0.15, 0.2) is 9.84 Å². The van der Waals surface area contributed by atoms with E-state index in [0.717, 1.165) is 0 Å². The number of carbonyl (C=O) groups is 1. The Morgan fingerprint density at radius 3 is 2.67 bits per heavy atom. The molecule has 0 atom stereocenters. The highest BCUT2D eigenvalue weighted by atomic mass is 32.2. The molecule has 2 rings (SSSR count). The van der Waals surface area contributed by atoms with Crippen LogP contribution < -0.4 is 5.73 Å². The number of rotatable bonds is 6. The normalized spacial score (nSPS) is 16.5. The number of benzene rings is 1. The fourth-order valence-electron chi connectivity index (χ4n) is 2.39. The lowest BCUT2D eigenvalue weighted by Gasteiger charge is -2.14. The molecule has 0 aliphatic heterocycles. The second kappa shape index (κ2) is 5.63. The average molecular weight is 315 g/mol. The summed E-state index contributed by atoms with van der Waals surface area (Å²) >= 11 is 0. The summed E-state index contributed by atoms with van der Waals surface area (Å²) in [4.78, 5) is 11.3. The Hall–Kier alpha value is -1.63. The maximum absolute atomic E-state index is 13.8. The van der Waals surface area contributed by atoms with Crippen molar-refractivity contribution >= 4 is 21.5 Å². The zero-order valence-electron chi connectivity index (χ0n) is 11.8. The maximum atomic E-state index is 13.8. The van der Waals surface area contributed by atoms with Crippen LogP contribution in [-0.4, -0.2) is 27.2 Å². The van der Waals surface area contributed by atoms with Gasteiger partial charge in [0.2, 0.25) is 0 Å². The van der Waals surface area contributed by atoms with Crippen LogP contribution in [0, 0.1) is 11.2 Å². The van der Waals surface area contributed by atoms with Crippen LogP contribution in [-0.2, 0) is 25.1 Å². The first-order chi connectivity index (χ1) is 9.77. The second-order valence-electron chi connectivity index (χ2n) is 5.61. The van der Waals surface area contributed by atoms with Gasteiger partial charge in [-0.25, -0.2) is 12.8 Å². The lowest BCUT2D eigenvalue weighted by molar-refractivity contribution is -0.141. The molecule has 1 saturated carbocycles. The van der Waals surface area contributed by atoms with E-state index in [-0.39, 0.29) is 23.4 Å². The van der Waals surface area contributed by atoms with Crippen LogP contribution in [0.4, 0.5) is 10.1 Å². The van der Waals surface area contributed by atoms with Gasteiger partial charge in [0, 0.05) is 5.56 Å². The van der Waals surface area contributed by atoms with Crippen LogP contribution >= 0.6 is 0 Å². The van der Waals surface area contributed by atoms with Gasteiger partial charge in [-0.1, -0.05) is 12.1 Å². The van der Waals surface area contributed by atoms with Crippen molar-refractivity contribution in [3.63, 3.8) is 0 Å². The van der Waals surface area contributed by atoms with Gasteiger partial charge >= 0.3 is 5.97 Å². The fourth-order valence-corrected chi connectivity index (χ4v) is 4.52. The third-order valence-electron chi connectivity index (χ3n) is 3.71. The first-order valence-electron chi connectivity index (χ1n) is 6.57. The number of hydrogen-bond donors (Lipinski definition) is 1. The quantitative estimate of drug-likeness (QED) is 0.637. The van der Waals surface area contributed by atoms with Gasteiger partial charge < -0.3 is 10.5 Å². The fraction of sp³-hybridized carbons (Fsp3) is 0.500. The molecule has 2 N–H and O–H groups in total. The van der Waals surface area contributed by atoms with Crippen molar-refractivity contribution in [2.45, 2.75) is 25.0 Å². The molecule has 5 nitrogen and oxygen atoms in total. The van der Waals surface area contributed by atoms with Crippen LogP contribution in [0.25, 0.3) is 0 Å². The molecule has 1 fully saturated rings. The second-order valence-corrected chi connectivity index (χ2v) is 7.67. The number of esters is 1. The molecule has 116 valence electrons. The number of sulfone groups is 1. The van der Waals surface area contributed by atoms with Crippen LogP contribution in [0.15, 0.2) is 18.2 Å². The zero-order chi connectivity index (χ0) is 15.7. The minimum atomic E-state index is -3.53. The molecule has 1 aliphatic carbocycles. The third-order valence-corrected chi connectivity index (χ3v) is 5.52. The van der Waals surface area contributed by atoms with Crippen LogP contribution in [0.1, 0.15) is 24.8 Å². The summed E-state index contributed by atoms with van der Waals surface area (Å²) in [6, 6.07) is 4.30. The van der Waals surface area contributed by atoms with Gasteiger partial charge in [-0.2, -0.15) is 0 Å². The van der Waals surface area contributed by atoms with E-state index in [0.29, 0.717) is 12.8 Å². The monoisotopic (exact) mass is 315 g/mol. The van der Waals surface area contributed by atoms with Gasteiger partial charge in [0.25, 0.3) is 0 Å². The van der Waals surface area contributed by atoms with E-state index in [1.165, 1.54) is 25.3 Å². The maximum Gasteiger partial charge on any atom is 0.306 e. The standard InChI is InChI=1S/C14H18FNO4S/c1-20-12(17)7-14(5-6-14)9-21(18,19)8-10-3-2-4-11(16)13(10)15/h2-4H,5-9,16H2,1H3. The molecule has 0 bridgehead atoms. The largest absolute Gasteiger partial charge is 0.469 e. The van der Waals surface area contributed by atoms with E-state index < -0.39 is 32.8 Å². The third kappa shape index (κ3) is 3.93. The van der Waals surface area contributed by atoms with Crippen molar-refractivity contribution in [1.29, 1.82) is 0 Å². The predicted octanol–water partition coefficient (Wildman–Crippen LogP) is 1.67. The number of carbonyl (C=O) groups excluding carboxylic acids is 1. The molecule has 0 saturated heterocycles. The molecular weight excluding hydrogens is 297 g/mol. The first-order valence-corrected chi connectivity index (χ1v) is 8.39. The summed E-state index contributed by atoms with van der Waals surface area (Å²) in [5.74, 6) is -1.66. The molecule has 1 aromatic carbocycles. The molecule has 1 aromatic rings. The highest BCUT2D eigenvalue weighted by molar-refractivity contribution is 7.90. The van der Waals surface area contributed by atoms with Crippen molar-refractivity contribution in [3.8, 4) is 0 Å². The number of nitrogens with two attached hydrogens (primary N) is 1. The van der Waals surface area contributed by atoms with Gasteiger partial charge in [0.05, 0.1) is 30.7 Å². The topological polar surface area (TPSA) is 86.5 Å². The Morgan fingerprint density at radius 2 is 2.10 bits per heavy atom. The average Bonchev–Trinajstić information content (AvgIpc) is 3.13. The van der Waals surface area contributed by atoms with Crippen molar-refractivity contribution < 1.29 is 22.3 Å². The Bertz CT molecular complexity index is 653. The SMILES string of the molecule is COC(=O)CC1(CS(=O)(=O)Cc2cccc(N)c2F)CC1. The summed E-state index contributed by atoms with van der Waals surface area (Å²) < 4.78 is 42.8. The lowest BCUT2D eigenvalue weighted by Crippen LogP contribution is -2.22. The van der Waals surface area contributed by atoms with E-state index in [9.17, 15) is 17.6 Å². The van der Waals surface area contributed by atoms with E-state index in [2.05, 4.69) is 4.74 Å². The Balaban J connectivity index is 2.09. The summed E-state index contributed by atoms with van der Waals surface area (Å²) in [7, 11) is -2.25. The molecule has 7 heteroatoms. The van der Waals surface area contributed by atoms with Gasteiger partial charge in [-0.3, -0.25) is 4.79 Å². The number of halogens is 1. The van der Waals surface area contributed by atoms with Crippen LogP contribution in [0.5, 0.6) is 0 Å². The number of ether oxygens (including phenoxy) is 1. The van der Waals surface area contributed by atoms with Crippen molar-refractivity contribution in [3.05, 3.63) is 29.6 Å². The smallest absolute Gasteiger partial charge is 0.306 e. The molecule has 0 radical (unpaired) electrons. The summed E-state index contributed by atoms with van der Waals surface area (Å²) in [5, 5.41) is 0. The van der Waals surface area contributed by atoms with Gasteiger partial charge in [-0.15, -0.1) is 0 Å². The van der Waals surface area contributed by atoms with Crippen LogP contribution in [0.3, 0.4) is 0 Å². The Kier molecular flexibility index (Phi) is 4.22. The molecule has 0 aromatic heterocycles. The Labute approximate surface area is 123 Å². The summed E-state index contributed by atoms with van der Waals surface area (Å²) in [6.45, 7) is 0. The van der Waals surface area contributed by atoms with Gasteiger partial charge in [0.1, 0.15) is 5.82 Å². The zero-order valence-corrected chi connectivity index (χ0v) is 12.6. The molecular formula is C14H18FNO4S. The number of nitrogen functional groups attached to an aromatic ring is 1. The molecule has 0 unspecified atom stereocenters. The van der Waals surface area contributed by atoms with Crippen LogP contribution in [0.2, 0.25) is 0 Å². The minimum absolute atomic E-state index is 0.0591. The summed E-state index contributed by atoms with van der Waals surface area (Å²) in [5.41, 5.74) is 4.88. The van der Waals surface area contributed by atoms with E-state index in [4.69, 9.17) is 5.73 Å². The van der Waals surface area contributed by atoms with E-state index >= 15 is 0 Å². The minimum Gasteiger partial charge on any atom is -0.469 e. The number of anilines is 1. The van der Waals surface area contributed by atoms with Gasteiger partial charge in [-0.05, 0) is 24.3 Å². The first kappa shape index (κ1) is 15.8. The number of methoxy groups -OCH3 is 1. The Morgan fingerprint density at radius 1 is 1.43 bits per heavy atom. The molecule has 21 heavy (non-hydrogen) atoms. The molecule has 0 amide bonds. The van der Waals surface area contributed by atoms with E-state index in [1.54, 1.807) is 0 Å². The summed E-state index contributed by atoms with van der Waals surface area (Å²) in [6.07, 6.45) is 1.42. The van der Waals surface area contributed by atoms with E-state index in [1.807, 2.05) is 0 Å². The molecule has 1 aliphatic rings. The highest BCUT2D eigenvalue weighted by Crippen LogP contribution is 2.50. The van der Waals surface area contributed by atoms with Crippen molar-refractivity contribution in [2.75, 3.05) is 18.6 Å². The van der Waals surface area contributed by atoms with Crippen molar-refractivity contribution in [1.82, 2.24) is 0 Å².